The molecule has 0 aliphatic carbocycles. The second kappa shape index (κ2) is 6.71. The predicted molar refractivity (Wildman–Crippen MR) is 86.1 cm³/mol. The summed E-state index contributed by atoms with van der Waals surface area (Å²) < 4.78 is 5.74. The van der Waals surface area contributed by atoms with Crippen molar-refractivity contribution in [3.05, 3.63) is 29.8 Å². The minimum Gasteiger partial charge on any atom is -0.491 e. The monoisotopic (exact) mass is 309 g/mol. The van der Waals surface area contributed by atoms with Gasteiger partial charge in [-0.15, -0.1) is 11.8 Å². The molecule has 0 amide bonds. The molecule has 1 aliphatic heterocycles. The zero-order chi connectivity index (χ0) is 15.5. The number of carboxylic acid groups (broad SMARTS) is 1. The molecule has 21 heavy (non-hydrogen) atoms. The fourth-order valence-electron chi connectivity index (χ4n) is 2.15. The number of hydrogen-bond acceptors (Lipinski definition) is 4. The van der Waals surface area contributed by atoms with E-state index in [2.05, 4.69) is 38.2 Å². The highest BCUT2D eigenvalue weighted by molar-refractivity contribution is 8.00. The molecule has 1 aromatic rings. The highest BCUT2D eigenvalue weighted by atomic mass is 32.2. The third-order valence-corrected chi connectivity index (χ3v) is 5.27. The summed E-state index contributed by atoms with van der Waals surface area (Å²) in [5.74, 6) is 0.621. The van der Waals surface area contributed by atoms with Gasteiger partial charge in [0.05, 0.1) is 5.37 Å². The van der Waals surface area contributed by atoms with Crippen molar-refractivity contribution in [1.29, 1.82) is 0 Å². The minimum absolute atomic E-state index is 0.0397. The molecular weight excluding hydrogens is 286 g/mol. The zero-order valence-electron chi connectivity index (χ0n) is 12.8. The molecule has 0 saturated carbocycles. The maximum Gasteiger partial charge on any atom is 0.321 e. The Morgan fingerprint density at radius 2 is 2.10 bits per heavy atom. The van der Waals surface area contributed by atoms with E-state index in [1.54, 1.807) is 11.8 Å². The van der Waals surface area contributed by atoms with Crippen LogP contribution in [0.1, 0.15) is 32.8 Å². The van der Waals surface area contributed by atoms with E-state index >= 15 is 0 Å². The first-order valence-electron chi connectivity index (χ1n) is 7.26. The molecule has 0 radical (unpaired) electrons. The summed E-state index contributed by atoms with van der Waals surface area (Å²) in [5.41, 5.74) is 1.48. The average Bonchev–Trinajstić information content (AvgIpc) is 2.95. The first-order valence-corrected chi connectivity index (χ1v) is 8.31. The largest absolute Gasteiger partial charge is 0.491 e. The highest BCUT2D eigenvalue weighted by Crippen LogP contribution is 2.28. The van der Waals surface area contributed by atoms with E-state index in [-0.39, 0.29) is 10.8 Å². The van der Waals surface area contributed by atoms with Gasteiger partial charge < -0.3 is 9.84 Å². The van der Waals surface area contributed by atoms with Crippen molar-refractivity contribution in [1.82, 2.24) is 5.32 Å². The van der Waals surface area contributed by atoms with Crippen molar-refractivity contribution < 1.29 is 14.6 Å². The van der Waals surface area contributed by atoms with Gasteiger partial charge in [0.25, 0.3) is 0 Å². The molecule has 2 atom stereocenters. The molecule has 2 rings (SSSR count). The molecule has 1 aromatic carbocycles. The van der Waals surface area contributed by atoms with Crippen molar-refractivity contribution in [3.63, 3.8) is 0 Å². The van der Waals surface area contributed by atoms with Crippen LogP contribution in [0.5, 0.6) is 5.75 Å². The van der Waals surface area contributed by atoms with Crippen LogP contribution in [0.3, 0.4) is 0 Å². The first kappa shape index (κ1) is 16.2. The van der Waals surface area contributed by atoms with Gasteiger partial charge in [-0.3, -0.25) is 10.1 Å². The van der Waals surface area contributed by atoms with Gasteiger partial charge >= 0.3 is 5.97 Å². The molecule has 1 fully saturated rings. The summed E-state index contributed by atoms with van der Waals surface area (Å²) in [7, 11) is 0. The molecule has 4 nitrogen and oxygen atoms in total. The van der Waals surface area contributed by atoms with E-state index in [0.717, 1.165) is 12.2 Å². The van der Waals surface area contributed by atoms with Crippen LogP contribution in [0.2, 0.25) is 0 Å². The topological polar surface area (TPSA) is 58.6 Å². The average molecular weight is 309 g/mol. The molecule has 1 heterocycles. The quantitative estimate of drug-likeness (QED) is 0.846. The van der Waals surface area contributed by atoms with Gasteiger partial charge in [0, 0.05) is 5.75 Å². The van der Waals surface area contributed by atoms with Gasteiger partial charge in [0.2, 0.25) is 0 Å². The lowest BCUT2D eigenvalue weighted by atomic mass is 9.82. The maximum absolute atomic E-state index is 10.9. The van der Waals surface area contributed by atoms with Gasteiger partial charge in [0.15, 0.2) is 0 Å². The number of nitrogens with one attached hydrogen (secondary N) is 1. The number of benzene rings is 1. The summed E-state index contributed by atoms with van der Waals surface area (Å²) in [6.45, 7) is 7.12. The summed E-state index contributed by atoms with van der Waals surface area (Å²) in [5, 5.41) is 12.0. The van der Waals surface area contributed by atoms with Crippen LogP contribution >= 0.6 is 11.8 Å². The Bertz CT molecular complexity index is 487. The molecule has 0 bridgehead atoms. The Morgan fingerprint density at radius 1 is 1.43 bits per heavy atom. The van der Waals surface area contributed by atoms with Gasteiger partial charge in [-0.1, -0.05) is 32.9 Å². The smallest absolute Gasteiger partial charge is 0.321 e. The summed E-state index contributed by atoms with van der Waals surface area (Å²) in [6.07, 6.45) is 1.09. The number of thioether (sulfide) groups is 1. The van der Waals surface area contributed by atoms with E-state index in [9.17, 15) is 4.79 Å². The van der Waals surface area contributed by atoms with E-state index in [1.165, 1.54) is 5.56 Å². The second-order valence-corrected chi connectivity index (χ2v) is 7.19. The number of carbonyl (C=O) groups is 1. The zero-order valence-corrected chi connectivity index (χ0v) is 13.6. The number of carboxylic acids is 1. The lowest BCUT2D eigenvalue weighted by Crippen LogP contribution is -2.38. The van der Waals surface area contributed by atoms with Crippen molar-refractivity contribution in [2.24, 2.45) is 0 Å². The van der Waals surface area contributed by atoms with Crippen molar-refractivity contribution in [3.8, 4) is 5.75 Å². The van der Waals surface area contributed by atoms with Crippen LogP contribution in [0.15, 0.2) is 24.3 Å². The number of ether oxygens (including phenoxy) is 1. The van der Waals surface area contributed by atoms with Gasteiger partial charge in [-0.2, -0.15) is 0 Å². The van der Waals surface area contributed by atoms with Crippen LogP contribution in [-0.2, 0) is 10.2 Å². The normalized spacial score (nSPS) is 22.2. The van der Waals surface area contributed by atoms with Gasteiger partial charge in [0.1, 0.15) is 18.4 Å². The summed E-state index contributed by atoms with van der Waals surface area (Å²) in [6, 6.07) is 7.72. The first-order chi connectivity index (χ1) is 9.92. The second-order valence-electron chi connectivity index (χ2n) is 5.95. The van der Waals surface area contributed by atoms with E-state index < -0.39 is 12.0 Å². The third-order valence-electron chi connectivity index (χ3n) is 4.07. The van der Waals surface area contributed by atoms with Crippen LogP contribution in [-0.4, -0.2) is 34.9 Å². The van der Waals surface area contributed by atoms with E-state index in [0.29, 0.717) is 12.4 Å². The molecule has 1 aliphatic rings. The van der Waals surface area contributed by atoms with Crippen LogP contribution in [0, 0.1) is 0 Å². The number of aliphatic carboxylic acids is 1. The SMILES string of the molecule is CCC(C)(C)c1ccc(OCC2NC(C(=O)O)CS2)cc1. The van der Waals surface area contributed by atoms with Crippen molar-refractivity contribution >= 4 is 17.7 Å². The van der Waals surface area contributed by atoms with Crippen molar-refractivity contribution in [2.45, 2.75) is 44.0 Å². The summed E-state index contributed by atoms with van der Waals surface area (Å²) >= 11 is 1.59. The maximum atomic E-state index is 10.9. The molecule has 2 N–H and O–H groups in total. The molecule has 0 aromatic heterocycles. The number of rotatable bonds is 6. The van der Waals surface area contributed by atoms with E-state index in [1.807, 2.05) is 12.1 Å². The highest BCUT2D eigenvalue weighted by Gasteiger charge is 2.29. The predicted octanol–water partition coefficient (Wildman–Crippen LogP) is 2.87. The van der Waals surface area contributed by atoms with Crippen LogP contribution in [0.25, 0.3) is 0 Å². The van der Waals surface area contributed by atoms with E-state index in [4.69, 9.17) is 9.84 Å². The molecular formula is C16H23NO3S. The molecule has 5 heteroatoms. The van der Waals surface area contributed by atoms with Crippen LogP contribution in [0.4, 0.5) is 0 Å². The third kappa shape index (κ3) is 4.14. The van der Waals surface area contributed by atoms with Gasteiger partial charge in [-0.25, -0.2) is 0 Å². The standard InChI is InChI=1S/C16H23NO3S/c1-4-16(2,3)11-5-7-12(8-6-11)20-9-14-17-13(10-21-14)15(18)19/h5-8,13-14,17H,4,9-10H2,1-3H3,(H,18,19). The lowest BCUT2D eigenvalue weighted by Gasteiger charge is -2.23. The Labute approximate surface area is 130 Å². The Kier molecular flexibility index (Phi) is 5.17. The van der Waals surface area contributed by atoms with Gasteiger partial charge in [-0.05, 0) is 29.5 Å². The van der Waals surface area contributed by atoms with Crippen LogP contribution < -0.4 is 10.1 Å². The molecule has 2 unspecified atom stereocenters. The Balaban J connectivity index is 1.86. The summed E-state index contributed by atoms with van der Waals surface area (Å²) in [4.78, 5) is 10.9. The molecule has 116 valence electrons. The fourth-order valence-corrected chi connectivity index (χ4v) is 3.24. The molecule has 0 spiro atoms. The Hall–Kier alpha value is -1.20. The lowest BCUT2D eigenvalue weighted by molar-refractivity contribution is -0.138. The fraction of sp³-hybridized carbons (Fsp3) is 0.562. The Morgan fingerprint density at radius 3 is 2.62 bits per heavy atom. The number of hydrogen-bond donors (Lipinski definition) is 2. The minimum atomic E-state index is -0.795. The van der Waals surface area contributed by atoms with Crippen molar-refractivity contribution in [2.75, 3.05) is 12.4 Å². The molecule has 1 saturated heterocycles.